The number of hydrogen-bond donors (Lipinski definition) is 0. The van der Waals surface area contributed by atoms with E-state index < -0.39 is 10.0 Å². The van der Waals surface area contributed by atoms with E-state index in [4.69, 9.17) is 0 Å². The zero-order valence-corrected chi connectivity index (χ0v) is 14.4. The fourth-order valence-electron chi connectivity index (χ4n) is 2.22. The number of alkyl halides is 1. The number of hydrogen-bond acceptors (Lipinski definition) is 3. The van der Waals surface area contributed by atoms with Crippen LogP contribution in [-0.2, 0) is 10.0 Å². The number of halogens is 1. The number of benzene rings is 1. The van der Waals surface area contributed by atoms with E-state index in [9.17, 15) is 8.42 Å². The number of sulfonamides is 1. The van der Waals surface area contributed by atoms with Crippen LogP contribution in [0.25, 0.3) is 10.9 Å². The van der Waals surface area contributed by atoms with Gasteiger partial charge in [0.15, 0.2) is 0 Å². The first kappa shape index (κ1) is 16.4. The lowest BCUT2D eigenvalue weighted by molar-refractivity contribution is 0.422. The lowest BCUT2D eigenvalue weighted by Gasteiger charge is -2.21. The molecule has 0 amide bonds. The molecule has 0 aliphatic heterocycles. The molecule has 1 aromatic heterocycles. The van der Waals surface area contributed by atoms with Crippen LogP contribution in [0.4, 0.5) is 0 Å². The number of fused-ring (bicyclic) bond motifs is 1. The number of pyridine rings is 1. The van der Waals surface area contributed by atoms with Gasteiger partial charge in [0.25, 0.3) is 0 Å². The molecule has 114 valence electrons. The van der Waals surface area contributed by atoms with Gasteiger partial charge in [-0.15, -0.1) is 0 Å². The van der Waals surface area contributed by atoms with Crippen molar-refractivity contribution < 1.29 is 8.42 Å². The van der Waals surface area contributed by atoms with E-state index >= 15 is 0 Å². The Hall–Kier alpha value is -0.980. The van der Waals surface area contributed by atoms with Gasteiger partial charge in [-0.2, -0.15) is 4.31 Å². The van der Waals surface area contributed by atoms with E-state index in [0.29, 0.717) is 34.2 Å². The average molecular weight is 371 g/mol. The highest BCUT2D eigenvalue weighted by molar-refractivity contribution is 9.09. The molecule has 0 spiro atoms. The molecule has 0 N–H and O–H groups in total. The molecule has 0 radical (unpaired) electrons. The summed E-state index contributed by atoms with van der Waals surface area (Å²) in [5.41, 5.74) is 0.702. The molecule has 1 aromatic carbocycles. The van der Waals surface area contributed by atoms with Crippen molar-refractivity contribution in [1.29, 1.82) is 0 Å². The largest absolute Gasteiger partial charge is 0.256 e. The molecule has 0 bridgehead atoms. The normalized spacial score (nSPS) is 12.1. The van der Waals surface area contributed by atoms with Crippen LogP contribution in [0.15, 0.2) is 41.4 Å². The van der Waals surface area contributed by atoms with Crippen molar-refractivity contribution >= 4 is 36.9 Å². The smallest absolute Gasteiger partial charge is 0.243 e. The third kappa shape index (κ3) is 3.62. The van der Waals surface area contributed by atoms with Crippen molar-refractivity contribution in [2.24, 2.45) is 0 Å². The van der Waals surface area contributed by atoms with Gasteiger partial charge in [0.2, 0.25) is 10.0 Å². The highest BCUT2D eigenvalue weighted by atomic mass is 79.9. The van der Waals surface area contributed by atoms with Crippen molar-refractivity contribution in [3.05, 3.63) is 36.5 Å². The van der Waals surface area contributed by atoms with Gasteiger partial charge < -0.3 is 0 Å². The second kappa shape index (κ2) is 7.33. The molecule has 2 rings (SSSR count). The molecule has 0 unspecified atom stereocenters. The highest BCUT2D eigenvalue weighted by Gasteiger charge is 2.25. The van der Waals surface area contributed by atoms with E-state index in [1.165, 1.54) is 0 Å². The molecule has 21 heavy (non-hydrogen) atoms. The van der Waals surface area contributed by atoms with E-state index in [1.54, 1.807) is 34.8 Å². The maximum atomic E-state index is 12.9. The molecule has 0 aliphatic rings. The van der Waals surface area contributed by atoms with Gasteiger partial charge in [0, 0.05) is 30.0 Å². The summed E-state index contributed by atoms with van der Waals surface area (Å²) in [5, 5.41) is 1.30. The van der Waals surface area contributed by atoms with Gasteiger partial charge in [-0.1, -0.05) is 35.3 Å². The Morgan fingerprint density at radius 1 is 1.19 bits per heavy atom. The lowest BCUT2D eigenvalue weighted by Crippen LogP contribution is -2.33. The van der Waals surface area contributed by atoms with Crippen LogP contribution in [0.2, 0.25) is 0 Å². The van der Waals surface area contributed by atoms with Crippen molar-refractivity contribution in [2.75, 3.05) is 18.4 Å². The number of unbranched alkanes of at least 4 members (excludes halogenated alkanes) is 1. The molecule has 0 aliphatic carbocycles. The Morgan fingerprint density at radius 2 is 2.00 bits per heavy atom. The quantitative estimate of drug-likeness (QED) is 0.701. The molecular weight excluding hydrogens is 352 g/mol. The maximum Gasteiger partial charge on any atom is 0.243 e. The standard InChI is InChI=1S/C15H19BrN2O2S/c1-2-3-11-18(12-9-16)21(19,20)15-8-4-7-14-13(15)6-5-10-17-14/h4-8,10H,2-3,9,11-12H2,1H3. The molecule has 0 atom stereocenters. The van der Waals surface area contributed by atoms with Crippen LogP contribution in [0.5, 0.6) is 0 Å². The Kier molecular flexibility index (Phi) is 5.72. The maximum absolute atomic E-state index is 12.9. The van der Waals surface area contributed by atoms with Gasteiger partial charge in [0.1, 0.15) is 0 Å². The Labute approximate surface area is 134 Å². The summed E-state index contributed by atoms with van der Waals surface area (Å²) in [6.07, 6.45) is 3.49. The summed E-state index contributed by atoms with van der Waals surface area (Å²) in [4.78, 5) is 4.57. The molecule has 0 fully saturated rings. The molecule has 0 saturated heterocycles. The molecule has 4 nitrogen and oxygen atoms in total. The average Bonchev–Trinajstić information content (AvgIpc) is 2.50. The second-order valence-corrected chi connectivity index (χ2v) is 7.47. The van der Waals surface area contributed by atoms with Crippen LogP contribution in [0.3, 0.4) is 0 Å². The number of aromatic nitrogens is 1. The van der Waals surface area contributed by atoms with Gasteiger partial charge in [-0.05, 0) is 30.7 Å². The highest BCUT2D eigenvalue weighted by Crippen LogP contribution is 2.24. The lowest BCUT2D eigenvalue weighted by atomic mass is 10.2. The summed E-state index contributed by atoms with van der Waals surface area (Å²) in [5.74, 6) is 0. The van der Waals surface area contributed by atoms with E-state index in [2.05, 4.69) is 27.8 Å². The first-order valence-electron chi connectivity index (χ1n) is 7.01. The Balaban J connectivity index is 2.49. The molecular formula is C15H19BrN2O2S. The number of rotatable bonds is 7. The zero-order valence-electron chi connectivity index (χ0n) is 12.0. The van der Waals surface area contributed by atoms with Crippen molar-refractivity contribution in [3.8, 4) is 0 Å². The van der Waals surface area contributed by atoms with E-state index in [0.717, 1.165) is 12.8 Å². The van der Waals surface area contributed by atoms with Crippen LogP contribution in [0, 0.1) is 0 Å². The second-order valence-electron chi connectivity index (χ2n) is 4.77. The third-order valence-corrected chi connectivity index (χ3v) is 5.63. The van der Waals surface area contributed by atoms with Crippen molar-refractivity contribution in [1.82, 2.24) is 9.29 Å². The molecule has 0 saturated carbocycles. The van der Waals surface area contributed by atoms with Crippen molar-refractivity contribution in [2.45, 2.75) is 24.7 Å². The monoisotopic (exact) mass is 370 g/mol. The van der Waals surface area contributed by atoms with Gasteiger partial charge >= 0.3 is 0 Å². The van der Waals surface area contributed by atoms with Crippen LogP contribution in [0.1, 0.15) is 19.8 Å². The summed E-state index contributed by atoms with van der Waals surface area (Å²) in [6, 6.07) is 8.81. The van der Waals surface area contributed by atoms with Crippen LogP contribution >= 0.6 is 15.9 Å². The van der Waals surface area contributed by atoms with Crippen molar-refractivity contribution in [3.63, 3.8) is 0 Å². The van der Waals surface area contributed by atoms with Gasteiger partial charge in [0.05, 0.1) is 10.4 Å². The first-order valence-corrected chi connectivity index (χ1v) is 9.57. The van der Waals surface area contributed by atoms with E-state index in [-0.39, 0.29) is 0 Å². The van der Waals surface area contributed by atoms with Gasteiger partial charge in [-0.3, -0.25) is 4.98 Å². The summed E-state index contributed by atoms with van der Waals surface area (Å²) in [7, 11) is -3.50. The van der Waals surface area contributed by atoms with Crippen LogP contribution in [-0.4, -0.2) is 36.1 Å². The topological polar surface area (TPSA) is 50.3 Å². The Bertz CT molecular complexity index is 698. The zero-order chi connectivity index (χ0) is 15.3. The van der Waals surface area contributed by atoms with Gasteiger partial charge in [-0.25, -0.2) is 8.42 Å². The molecule has 1 heterocycles. The minimum atomic E-state index is -3.50. The predicted molar refractivity (Wildman–Crippen MR) is 89.2 cm³/mol. The molecule has 2 aromatic rings. The number of nitrogens with zero attached hydrogens (tertiary/aromatic N) is 2. The molecule has 6 heteroatoms. The minimum absolute atomic E-state index is 0.338. The fraction of sp³-hybridized carbons (Fsp3) is 0.400. The predicted octanol–water partition coefficient (Wildman–Crippen LogP) is 3.42. The van der Waals surface area contributed by atoms with Crippen LogP contribution < -0.4 is 0 Å². The Morgan fingerprint density at radius 3 is 2.71 bits per heavy atom. The summed E-state index contributed by atoms with van der Waals surface area (Å²) >= 11 is 3.34. The SMILES string of the molecule is CCCCN(CCBr)S(=O)(=O)c1cccc2ncccc12. The van der Waals surface area contributed by atoms with E-state index in [1.807, 2.05) is 6.07 Å². The first-order chi connectivity index (χ1) is 10.1. The summed E-state index contributed by atoms with van der Waals surface area (Å²) < 4.78 is 27.4. The summed E-state index contributed by atoms with van der Waals surface area (Å²) in [6.45, 7) is 3.07. The fourth-order valence-corrected chi connectivity index (χ4v) is 4.56. The minimum Gasteiger partial charge on any atom is -0.256 e. The third-order valence-electron chi connectivity index (χ3n) is 3.32.